The highest BCUT2D eigenvalue weighted by Gasteiger charge is 2.24. The second kappa shape index (κ2) is 9.78. The van der Waals surface area contributed by atoms with Gasteiger partial charge in [-0.25, -0.2) is 22.0 Å². The van der Waals surface area contributed by atoms with Crippen LogP contribution < -0.4 is 9.62 Å². The molecule has 7 nitrogen and oxygen atoms in total. The van der Waals surface area contributed by atoms with Gasteiger partial charge in [0.2, 0.25) is 0 Å². The van der Waals surface area contributed by atoms with Gasteiger partial charge in [0.25, 0.3) is 10.0 Å². The molecule has 0 aromatic heterocycles. The number of halogens is 2. The van der Waals surface area contributed by atoms with Crippen LogP contribution in [0.3, 0.4) is 0 Å². The zero-order chi connectivity index (χ0) is 24.3. The summed E-state index contributed by atoms with van der Waals surface area (Å²) >= 11 is 0. The summed E-state index contributed by atoms with van der Waals surface area (Å²) < 4.78 is 55.4. The van der Waals surface area contributed by atoms with Crippen molar-refractivity contribution in [3.05, 3.63) is 89.5 Å². The standard InChI is InChI=1S/C24H23F2N3O4S/c25-19-6-8-20(9-7-19)34(32,33)27-22-15-17(24(30)31)5-10-23(22)29-13-11-28(12-14-29)16-18-3-1-2-4-21(18)26/h1-10,15,27H,11-14,16H2,(H,30,31). The number of carbonyl (C=O) groups is 1. The number of piperazine rings is 1. The Morgan fingerprint density at radius 1 is 0.941 bits per heavy atom. The molecule has 0 spiro atoms. The second-order valence-corrected chi connectivity index (χ2v) is 9.63. The highest BCUT2D eigenvalue weighted by molar-refractivity contribution is 7.92. The third kappa shape index (κ3) is 5.35. The van der Waals surface area contributed by atoms with Crippen LogP contribution >= 0.6 is 0 Å². The molecule has 0 bridgehead atoms. The molecule has 3 aromatic rings. The van der Waals surface area contributed by atoms with Crippen molar-refractivity contribution >= 4 is 27.4 Å². The number of hydrogen-bond acceptors (Lipinski definition) is 5. The lowest BCUT2D eigenvalue weighted by molar-refractivity contribution is 0.0697. The molecule has 0 radical (unpaired) electrons. The van der Waals surface area contributed by atoms with Crippen molar-refractivity contribution in [2.24, 2.45) is 0 Å². The summed E-state index contributed by atoms with van der Waals surface area (Å²) in [6.07, 6.45) is 0. The van der Waals surface area contributed by atoms with Crippen LogP contribution in [-0.4, -0.2) is 50.6 Å². The molecule has 1 aliphatic rings. The third-order valence-electron chi connectivity index (χ3n) is 5.68. The summed E-state index contributed by atoms with van der Waals surface area (Å²) in [5.74, 6) is -2.02. The van der Waals surface area contributed by atoms with E-state index in [0.29, 0.717) is 44.0 Å². The molecule has 0 atom stereocenters. The van der Waals surface area contributed by atoms with Crippen LogP contribution in [0.1, 0.15) is 15.9 Å². The number of hydrogen-bond donors (Lipinski definition) is 2. The van der Waals surface area contributed by atoms with Crippen LogP contribution in [-0.2, 0) is 16.6 Å². The van der Waals surface area contributed by atoms with Crippen LogP contribution in [0.4, 0.5) is 20.2 Å². The third-order valence-corrected chi connectivity index (χ3v) is 7.06. The molecule has 1 fully saturated rings. The molecule has 178 valence electrons. The molecular formula is C24H23F2N3O4S. The van der Waals surface area contributed by atoms with Crippen molar-refractivity contribution in [2.75, 3.05) is 35.8 Å². The van der Waals surface area contributed by atoms with E-state index in [2.05, 4.69) is 9.62 Å². The quantitative estimate of drug-likeness (QED) is 0.527. The highest BCUT2D eigenvalue weighted by Crippen LogP contribution is 2.31. The van der Waals surface area contributed by atoms with E-state index in [1.807, 2.05) is 4.90 Å². The van der Waals surface area contributed by atoms with Gasteiger partial charge in [-0.2, -0.15) is 0 Å². The second-order valence-electron chi connectivity index (χ2n) is 7.95. The molecule has 10 heteroatoms. The molecule has 0 amide bonds. The molecule has 0 aliphatic carbocycles. The number of benzene rings is 3. The van der Waals surface area contributed by atoms with E-state index in [4.69, 9.17) is 0 Å². The number of rotatable bonds is 7. The zero-order valence-corrected chi connectivity index (χ0v) is 18.9. The van der Waals surface area contributed by atoms with Crippen LogP contribution in [0.2, 0.25) is 0 Å². The Morgan fingerprint density at radius 2 is 1.62 bits per heavy atom. The molecule has 1 aliphatic heterocycles. The Kier molecular flexibility index (Phi) is 6.80. The lowest BCUT2D eigenvalue weighted by Crippen LogP contribution is -2.46. The molecule has 0 saturated carbocycles. The maximum Gasteiger partial charge on any atom is 0.335 e. The number of carboxylic acids is 1. The number of sulfonamides is 1. The van der Waals surface area contributed by atoms with Gasteiger partial charge in [0.1, 0.15) is 11.6 Å². The summed E-state index contributed by atoms with van der Waals surface area (Å²) in [4.78, 5) is 15.4. The van der Waals surface area contributed by atoms with Gasteiger partial charge in [0, 0.05) is 38.3 Å². The van der Waals surface area contributed by atoms with Crippen LogP contribution in [0, 0.1) is 11.6 Å². The fourth-order valence-electron chi connectivity index (χ4n) is 3.86. The molecule has 1 saturated heterocycles. The number of anilines is 2. The normalized spacial score (nSPS) is 14.7. The van der Waals surface area contributed by atoms with E-state index in [1.165, 1.54) is 18.2 Å². The van der Waals surface area contributed by atoms with E-state index in [9.17, 15) is 27.1 Å². The minimum atomic E-state index is -4.08. The average Bonchev–Trinajstić information content (AvgIpc) is 2.81. The van der Waals surface area contributed by atoms with Gasteiger partial charge in [-0.05, 0) is 48.5 Å². The summed E-state index contributed by atoms with van der Waals surface area (Å²) in [6, 6.07) is 15.2. The fraction of sp³-hybridized carbons (Fsp3) is 0.208. The van der Waals surface area contributed by atoms with E-state index < -0.39 is 21.8 Å². The molecule has 0 unspecified atom stereocenters. The summed E-state index contributed by atoms with van der Waals surface area (Å²) in [5, 5.41) is 9.38. The minimum absolute atomic E-state index is 0.0706. The van der Waals surface area contributed by atoms with Crippen molar-refractivity contribution in [3.63, 3.8) is 0 Å². The predicted octanol–water partition coefficient (Wildman–Crippen LogP) is 3.79. The smallest absolute Gasteiger partial charge is 0.335 e. The lowest BCUT2D eigenvalue weighted by Gasteiger charge is -2.37. The van der Waals surface area contributed by atoms with Crippen molar-refractivity contribution in [3.8, 4) is 0 Å². The van der Waals surface area contributed by atoms with Crippen LogP contribution in [0.25, 0.3) is 0 Å². The minimum Gasteiger partial charge on any atom is -0.478 e. The van der Waals surface area contributed by atoms with Gasteiger partial charge < -0.3 is 10.0 Å². The average molecular weight is 488 g/mol. The van der Waals surface area contributed by atoms with Gasteiger partial charge in [0.15, 0.2) is 0 Å². The van der Waals surface area contributed by atoms with Crippen molar-refractivity contribution in [1.82, 2.24) is 4.90 Å². The van der Waals surface area contributed by atoms with E-state index in [1.54, 1.807) is 24.3 Å². The molecule has 3 aromatic carbocycles. The topological polar surface area (TPSA) is 89.9 Å². The fourth-order valence-corrected chi connectivity index (χ4v) is 4.92. The first-order chi connectivity index (χ1) is 16.2. The Hall–Kier alpha value is -3.50. The largest absolute Gasteiger partial charge is 0.478 e. The van der Waals surface area contributed by atoms with E-state index in [-0.39, 0.29) is 22.0 Å². The van der Waals surface area contributed by atoms with Crippen molar-refractivity contribution in [1.29, 1.82) is 0 Å². The van der Waals surface area contributed by atoms with E-state index >= 15 is 0 Å². The van der Waals surface area contributed by atoms with Gasteiger partial charge in [0.05, 0.1) is 21.8 Å². The Morgan fingerprint density at radius 3 is 2.26 bits per heavy atom. The van der Waals surface area contributed by atoms with Crippen molar-refractivity contribution in [2.45, 2.75) is 11.4 Å². The first kappa shape index (κ1) is 23.7. The molecular weight excluding hydrogens is 464 g/mol. The monoisotopic (exact) mass is 487 g/mol. The highest BCUT2D eigenvalue weighted by atomic mass is 32.2. The van der Waals surface area contributed by atoms with Gasteiger partial charge in [-0.15, -0.1) is 0 Å². The maximum atomic E-state index is 14.0. The van der Waals surface area contributed by atoms with E-state index in [0.717, 1.165) is 24.3 Å². The summed E-state index contributed by atoms with van der Waals surface area (Å²) in [5.41, 5.74) is 1.18. The number of carboxylic acid groups (broad SMARTS) is 1. The number of aromatic carboxylic acids is 1. The van der Waals surface area contributed by atoms with Crippen LogP contribution in [0.15, 0.2) is 71.6 Å². The van der Waals surface area contributed by atoms with Gasteiger partial charge >= 0.3 is 5.97 Å². The van der Waals surface area contributed by atoms with Crippen molar-refractivity contribution < 1.29 is 27.1 Å². The number of nitrogens with one attached hydrogen (secondary N) is 1. The van der Waals surface area contributed by atoms with Gasteiger partial charge in [-0.3, -0.25) is 9.62 Å². The Balaban J connectivity index is 1.54. The Labute approximate surface area is 196 Å². The van der Waals surface area contributed by atoms with Crippen LogP contribution in [0.5, 0.6) is 0 Å². The summed E-state index contributed by atoms with van der Waals surface area (Å²) in [7, 11) is -4.08. The molecule has 4 rings (SSSR count). The first-order valence-corrected chi connectivity index (χ1v) is 12.1. The summed E-state index contributed by atoms with van der Waals surface area (Å²) in [6.45, 7) is 2.75. The molecule has 1 heterocycles. The molecule has 34 heavy (non-hydrogen) atoms. The SMILES string of the molecule is O=C(O)c1ccc(N2CCN(Cc3ccccc3F)CC2)c(NS(=O)(=O)c2ccc(F)cc2)c1. The molecule has 2 N–H and O–H groups in total. The van der Waals surface area contributed by atoms with Gasteiger partial charge in [-0.1, -0.05) is 18.2 Å². The maximum absolute atomic E-state index is 14.0. The predicted molar refractivity (Wildman–Crippen MR) is 124 cm³/mol. The number of nitrogens with zero attached hydrogens (tertiary/aromatic N) is 2. The lowest BCUT2D eigenvalue weighted by atomic mass is 10.1. The first-order valence-electron chi connectivity index (χ1n) is 10.6. The zero-order valence-electron chi connectivity index (χ0n) is 18.1. The Bertz CT molecular complexity index is 1290.